The topological polar surface area (TPSA) is 67.5 Å². The van der Waals surface area contributed by atoms with E-state index in [1.807, 2.05) is 56.3 Å². The number of anilines is 2. The van der Waals surface area contributed by atoms with Crippen LogP contribution >= 0.6 is 0 Å². The second-order valence-corrected chi connectivity index (χ2v) is 8.13. The number of rotatable bonds is 6. The third-order valence-electron chi connectivity index (χ3n) is 5.77. The first kappa shape index (κ1) is 21.0. The van der Waals surface area contributed by atoms with Gasteiger partial charge in [-0.3, -0.25) is 0 Å². The van der Waals surface area contributed by atoms with Gasteiger partial charge in [-0.15, -0.1) is 0 Å². The molecule has 33 heavy (non-hydrogen) atoms. The highest BCUT2D eigenvalue weighted by Crippen LogP contribution is 2.24. The molecule has 5 rings (SSSR count). The number of piperazine rings is 1. The summed E-state index contributed by atoms with van der Waals surface area (Å²) in [5.74, 6) is 2.60. The van der Waals surface area contributed by atoms with Crippen molar-refractivity contribution in [2.75, 3.05) is 36.0 Å². The van der Waals surface area contributed by atoms with E-state index in [1.54, 1.807) is 0 Å². The molecule has 2 aromatic carbocycles. The van der Waals surface area contributed by atoms with Crippen molar-refractivity contribution in [3.8, 4) is 17.3 Å². The van der Waals surface area contributed by atoms with Crippen LogP contribution in [0.3, 0.4) is 0 Å². The number of hydrogen-bond donors (Lipinski definition) is 0. The fourth-order valence-electron chi connectivity index (χ4n) is 3.95. The molecular formula is C26H27N5O2. The minimum Gasteiger partial charge on any atom is -0.471 e. The minimum atomic E-state index is 0.292. The highest BCUT2D eigenvalue weighted by molar-refractivity contribution is 5.53. The van der Waals surface area contributed by atoms with Gasteiger partial charge in [0.25, 0.3) is 0 Å². The second kappa shape index (κ2) is 9.32. The summed E-state index contributed by atoms with van der Waals surface area (Å²) in [5.41, 5.74) is 3.84. The van der Waals surface area contributed by atoms with Crippen LogP contribution in [-0.2, 0) is 6.61 Å². The summed E-state index contributed by atoms with van der Waals surface area (Å²) in [6.45, 7) is 7.74. The molecule has 2 aromatic heterocycles. The van der Waals surface area contributed by atoms with Crippen molar-refractivity contribution in [2.24, 2.45) is 0 Å². The van der Waals surface area contributed by atoms with Crippen LogP contribution in [-0.4, -0.2) is 41.1 Å². The molecule has 1 fully saturated rings. The lowest BCUT2D eigenvalue weighted by Crippen LogP contribution is -2.47. The fourth-order valence-corrected chi connectivity index (χ4v) is 3.95. The number of oxazole rings is 1. The van der Waals surface area contributed by atoms with E-state index < -0.39 is 0 Å². The Morgan fingerprint density at radius 2 is 1.48 bits per heavy atom. The van der Waals surface area contributed by atoms with Gasteiger partial charge in [-0.05, 0) is 38.1 Å². The van der Waals surface area contributed by atoms with Crippen molar-refractivity contribution in [1.82, 2.24) is 15.0 Å². The number of aromatic nitrogens is 3. The van der Waals surface area contributed by atoms with Crippen molar-refractivity contribution in [2.45, 2.75) is 20.5 Å². The first-order valence-electron chi connectivity index (χ1n) is 11.2. The molecule has 1 aliphatic heterocycles. The first-order valence-corrected chi connectivity index (χ1v) is 11.2. The lowest BCUT2D eigenvalue weighted by Gasteiger charge is -2.36. The van der Waals surface area contributed by atoms with E-state index in [-0.39, 0.29) is 0 Å². The molecule has 0 saturated carbocycles. The highest BCUT2D eigenvalue weighted by Gasteiger charge is 2.20. The first-order chi connectivity index (χ1) is 16.2. The molecule has 3 heterocycles. The Kier molecular flexibility index (Phi) is 5.93. The van der Waals surface area contributed by atoms with E-state index in [0.717, 1.165) is 48.9 Å². The molecule has 4 aromatic rings. The van der Waals surface area contributed by atoms with Crippen molar-refractivity contribution >= 4 is 11.6 Å². The molecule has 0 unspecified atom stereocenters. The lowest BCUT2D eigenvalue weighted by atomic mass is 10.2. The summed E-state index contributed by atoms with van der Waals surface area (Å²) < 4.78 is 11.9. The average Bonchev–Trinajstić information content (AvgIpc) is 3.24. The predicted molar refractivity (Wildman–Crippen MR) is 129 cm³/mol. The number of benzene rings is 2. The molecule has 1 saturated heterocycles. The molecule has 0 atom stereocenters. The van der Waals surface area contributed by atoms with Crippen LogP contribution in [0.1, 0.15) is 17.1 Å². The maximum Gasteiger partial charge on any atom is 0.228 e. The Bertz CT molecular complexity index is 1200. The third-order valence-corrected chi connectivity index (χ3v) is 5.77. The molecule has 168 valence electrons. The Morgan fingerprint density at radius 1 is 0.818 bits per heavy atom. The molecule has 7 nitrogen and oxygen atoms in total. The van der Waals surface area contributed by atoms with Gasteiger partial charge < -0.3 is 19.0 Å². The van der Waals surface area contributed by atoms with Crippen LogP contribution in [0.4, 0.5) is 11.6 Å². The number of para-hydroxylation sites is 1. The third kappa shape index (κ3) is 4.82. The lowest BCUT2D eigenvalue weighted by molar-refractivity contribution is 0.286. The van der Waals surface area contributed by atoms with E-state index in [0.29, 0.717) is 24.3 Å². The van der Waals surface area contributed by atoms with Crippen molar-refractivity contribution in [3.05, 3.63) is 83.9 Å². The smallest absolute Gasteiger partial charge is 0.228 e. The molecule has 0 aliphatic carbocycles. The molecule has 7 heteroatoms. The summed E-state index contributed by atoms with van der Waals surface area (Å²) in [4.78, 5) is 18.6. The predicted octanol–water partition coefficient (Wildman–Crippen LogP) is 4.65. The standard InChI is InChI=1S/C26H27N5O2/c1-19-17-24(32-18-23-20(2)33-25(28-23)21-9-5-3-6-10-21)29-26(27-19)31-15-13-30(14-16-31)22-11-7-4-8-12-22/h3-12,17H,13-16,18H2,1-2H3. The van der Waals surface area contributed by atoms with E-state index in [2.05, 4.69) is 49.0 Å². The molecule has 0 radical (unpaired) electrons. The quantitative estimate of drug-likeness (QED) is 0.431. The van der Waals surface area contributed by atoms with Crippen molar-refractivity contribution in [3.63, 3.8) is 0 Å². The van der Waals surface area contributed by atoms with E-state index in [9.17, 15) is 0 Å². The van der Waals surface area contributed by atoms with E-state index >= 15 is 0 Å². The number of ether oxygens (including phenoxy) is 1. The van der Waals surface area contributed by atoms with Crippen LogP contribution in [0.25, 0.3) is 11.5 Å². The fraction of sp³-hybridized carbons (Fsp3) is 0.269. The zero-order valence-corrected chi connectivity index (χ0v) is 18.9. The highest BCUT2D eigenvalue weighted by atomic mass is 16.5. The van der Waals surface area contributed by atoms with Gasteiger partial charge in [-0.2, -0.15) is 4.98 Å². The summed E-state index contributed by atoms with van der Waals surface area (Å²) in [6, 6.07) is 22.2. The second-order valence-electron chi connectivity index (χ2n) is 8.13. The average molecular weight is 442 g/mol. The zero-order chi connectivity index (χ0) is 22.6. The van der Waals surface area contributed by atoms with Gasteiger partial charge in [-0.25, -0.2) is 9.97 Å². The van der Waals surface area contributed by atoms with Crippen molar-refractivity contribution in [1.29, 1.82) is 0 Å². The number of nitrogens with zero attached hydrogens (tertiary/aromatic N) is 5. The monoisotopic (exact) mass is 441 g/mol. The summed E-state index contributed by atoms with van der Waals surface area (Å²) in [6.07, 6.45) is 0. The van der Waals surface area contributed by atoms with Crippen LogP contribution < -0.4 is 14.5 Å². The van der Waals surface area contributed by atoms with E-state index in [4.69, 9.17) is 9.15 Å². The van der Waals surface area contributed by atoms with Crippen LogP contribution in [0.15, 0.2) is 71.1 Å². The Morgan fingerprint density at radius 3 is 2.21 bits per heavy atom. The van der Waals surface area contributed by atoms with Crippen molar-refractivity contribution < 1.29 is 9.15 Å². The molecule has 0 amide bonds. The Labute approximate surface area is 193 Å². The van der Waals surface area contributed by atoms with E-state index in [1.165, 1.54) is 5.69 Å². The number of aryl methyl sites for hydroxylation is 2. The van der Waals surface area contributed by atoms with Gasteiger partial charge >= 0.3 is 0 Å². The normalized spacial score (nSPS) is 13.9. The SMILES string of the molecule is Cc1cc(OCc2nc(-c3ccccc3)oc2C)nc(N2CCN(c3ccccc3)CC2)n1. The largest absolute Gasteiger partial charge is 0.471 e. The number of hydrogen-bond acceptors (Lipinski definition) is 7. The summed E-state index contributed by atoms with van der Waals surface area (Å²) in [7, 11) is 0. The summed E-state index contributed by atoms with van der Waals surface area (Å²) >= 11 is 0. The van der Waals surface area contributed by atoms with Gasteiger partial charge in [-0.1, -0.05) is 36.4 Å². The molecule has 0 bridgehead atoms. The van der Waals surface area contributed by atoms with Gasteiger partial charge in [0.05, 0.1) is 0 Å². The zero-order valence-electron chi connectivity index (χ0n) is 18.9. The molecular weight excluding hydrogens is 414 g/mol. The van der Waals surface area contributed by atoms with Gasteiger partial charge in [0.1, 0.15) is 18.1 Å². The Balaban J connectivity index is 1.25. The minimum absolute atomic E-state index is 0.292. The van der Waals surface area contributed by atoms with Crippen LogP contribution in [0, 0.1) is 13.8 Å². The Hall–Kier alpha value is -3.87. The van der Waals surface area contributed by atoms with Gasteiger partial charge in [0.2, 0.25) is 17.7 Å². The van der Waals surface area contributed by atoms with Gasteiger partial charge in [0, 0.05) is 49.2 Å². The molecule has 0 N–H and O–H groups in total. The maximum atomic E-state index is 6.01. The molecule has 1 aliphatic rings. The maximum absolute atomic E-state index is 6.01. The molecule has 0 spiro atoms. The van der Waals surface area contributed by atoms with Gasteiger partial charge in [0.15, 0.2) is 0 Å². The van der Waals surface area contributed by atoms with Crippen LogP contribution in [0.5, 0.6) is 5.88 Å². The van der Waals surface area contributed by atoms with Crippen LogP contribution in [0.2, 0.25) is 0 Å². The summed E-state index contributed by atoms with van der Waals surface area (Å²) in [5, 5.41) is 0.